The first kappa shape index (κ1) is 14.3. The summed E-state index contributed by atoms with van der Waals surface area (Å²) in [5, 5.41) is 0.616. The fourth-order valence-corrected chi connectivity index (χ4v) is 3.89. The maximum atomic E-state index is 12.7. The van der Waals surface area contributed by atoms with E-state index in [0.717, 1.165) is 9.54 Å². The lowest BCUT2D eigenvalue weighted by Gasteiger charge is -2.07. The zero-order valence-electron chi connectivity index (χ0n) is 10.8. The number of hydrogen-bond donors (Lipinski definition) is 0. The van der Waals surface area contributed by atoms with E-state index in [1.807, 2.05) is 6.92 Å². The van der Waals surface area contributed by atoms with Crippen LogP contribution < -0.4 is 0 Å². The van der Waals surface area contributed by atoms with Crippen molar-refractivity contribution in [1.29, 1.82) is 0 Å². The van der Waals surface area contributed by atoms with Crippen LogP contribution in [0, 0.1) is 6.92 Å². The maximum absolute atomic E-state index is 12.7. The van der Waals surface area contributed by atoms with Crippen molar-refractivity contribution in [3.63, 3.8) is 0 Å². The van der Waals surface area contributed by atoms with Gasteiger partial charge in [0.1, 0.15) is 11.5 Å². The molecule has 0 unspecified atom stereocenters. The van der Waals surface area contributed by atoms with Crippen LogP contribution in [0.1, 0.15) is 5.56 Å². The molecule has 0 spiro atoms. The second-order valence-electron chi connectivity index (χ2n) is 4.45. The average molecular weight is 342 g/mol. The molecule has 5 nitrogen and oxygen atoms in total. The minimum absolute atomic E-state index is 0.114. The first-order valence-electron chi connectivity index (χ1n) is 5.90. The van der Waals surface area contributed by atoms with Crippen LogP contribution in [0.4, 0.5) is 0 Å². The molecule has 3 aromatic rings. The zero-order valence-corrected chi connectivity index (χ0v) is 13.1. The molecule has 1 aromatic carbocycles. The second kappa shape index (κ2) is 4.98. The van der Waals surface area contributed by atoms with E-state index in [2.05, 4.69) is 9.97 Å². The van der Waals surface area contributed by atoms with Gasteiger partial charge in [0.25, 0.3) is 10.0 Å². The van der Waals surface area contributed by atoms with E-state index in [1.54, 1.807) is 12.1 Å². The summed E-state index contributed by atoms with van der Waals surface area (Å²) < 4.78 is 26.4. The number of hydrogen-bond acceptors (Lipinski definition) is 4. The summed E-state index contributed by atoms with van der Waals surface area (Å²) in [7, 11) is -3.79. The van der Waals surface area contributed by atoms with Gasteiger partial charge >= 0.3 is 0 Å². The van der Waals surface area contributed by atoms with Gasteiger partial charge in [-0.05, 0) is 19.1 Å². The van der Waals surface area contributed by atoms with Crippen LogP contribution in [0.5, 0.6) is 0 Å². The van der Waals surface area contributed by atoms with E-state index in [1.165, 1.54) is 24.7 Å². The average Bonchev–Trinajstić information content (AvgIpc) is 2.79. The van der Waals surface area contributed by atoms with E-state index in [9.17, 15) is 8.42 Å². The number of aromatic nitrogens is 3. The molecule has 0 aliphatic carbocycles. The molecule has 0 saturated carbocycles. The van der Waals surface area contributed by atoms with Crippen molar-refractivity contribution in [2.45, 2.75) is 11.8 Å². The largest absolute Gasteiger partial charge is 0.269 e. The van der Waals surface area contributed by atoms with Crippen molar-refractivity contribution in [3.05, 3.63) is 52.5 Å². The Morgan fingerprint density at radius 2 is 1.76 bits per heavy atom. The molecule has 2 heterocycles. The van der Waals surface area contributed by atoms with Crippen LogP contribution in [0.25, 0.3) is 11.0 Å². The third kappa shape index (κ3) is 2.29. The van der Waals surface area contributed by atoms with Gasteiger partial charge < -0.3 is 0 Å². The fourth-order valence-electron chi connectivity index (χ4n) is 1.96. The molecule has 0 saturated heterocycles. The van der Waals surface area contributed by atoms with Crippen molar-refractivity contribution >= 4 is 44.3 Å². The molecule has 0 fully saturated rings. The Labute approximate surface area is 131 Å². The van der Waals surface area contributed by atoms with Gasteiger partial charge in [0, 0.05) is 6.20 Å². The molecule has 0 aliphatic heterocycles. The molecule has 8 heteroatoms. The Morgan fingerprint density at radius 1 is 1.10 bits per heavy atom. The van der Waals surface area contributed by atoms with Gasteiger partial charge in [-0.2, -0.15) is 0 Å². The van der Waals surface area contributed by atoms with Crippen molar-refractivity contribution < 1.29 is 8.42 Å². The molecule has 0 aliphatic rings. The van der Waals surface area contributed by atoms with Gasteiger partial charge in [0.05, 0.1) is 15.3 Å². The molecule has 0 atom stereocenters. The Bertz CT molecular complexity index is 934. The third-order valence-corrected chi connectivity index (χ3v) is 5.27. The first-order valence-corrected chi connectivity index (χ1v) is 8.10. The lowest BCUT2D eigenvalue weighted by molar-refractivity contribution is 0.588. The standard InChI is InChI=1S/C13H9Cl2N3O2S/c1-8-2-4-9(5-3-8)21(19,20)18-6-10(14)11-12(15)16-7-17-13(11)18/h2-7H,1H3. The van der Waals surface area contributed by atoms with Crippen LogP contribution in [0.15, 0.2) is 41.7 Å². The summed E-state index contributed by atoms with van der Waals surface area (Å²) in [6.45, 7) is 1.88. The van der Waals surface area contributed by atoms with Crippen LogP contribution in [0.3, 0.4) is 0 Å². The number of fused-ring (bicyclic) bond motifs is 1. The van der Waals surface area contributed by atoms with Crippen molar-refractivity contribution in [1.82, 2.24) is 13.9 Å². The smallest absolute Gasteiger partial charge is 0.224 e. The molecule has 0 amide bonds. The minimum Gasteiger partial charge on any atom is -0.224 e. The van der Waals surface area contributed by atoms with Gasteiger partial charge in [0.2, 0.25) is 0 Å². The Hall–Kier alpha value is -1.63. The molecule has 108 valence electrons. The third-order valence-electron chi connectivity index (χ3n) is 3.04. The monoisotopic (exact) mass is 341 g/mol. The van der Waals surface area contributed by atoms with E-state index >= 15 is 0 Å². The molecule has 3 rings (SSSR count). The topological polar surface area (TPSA) is 64.8 Å². The lowest BCUT2D eigenvalue weighted by Crippen LogP contribution is -2.12. The number of rotatable bonds is 2. The molecule has 0 N–H and O–H groups in total. The lowest BCUT2D eigenvalue weighted by atomic mass is 10.2. The predicted molar refractivity (Wildman–Crippen MR) is 81.3 cm³/mol. The van der Waals surface area contributed by atoms with E-state index in [-0.39, 0.29) is 20.7 Å². The highest BCUT2D eigenvalue weighted by molar-refractivity contribution is 7.90. The van der Waals surface area contributed by atoms with Crippen molar-refractivity contribution in [2.24, 2.45) is 0 Å². The summed E-state index contributed by atoms with van der Waals surface area (Å²) in [6.07, 6.45) is 2.48. The number of nitrogens with zero attached hydrogens (tertiary/aromatic N) is 3. The maximum Gasteiger partial charge on any atom is 0.269 e. The fraction of sp³-hybridized carbons (Fsp3) is 0.0769. The minimum atomic E-state index is -3.79. The molecule has 21 heavy (non-hydrogen) atoms. The van der Waals surface area contributed by atoms with E-state index < -0.39 is 10.0 Å². The SMILES string of the molecule is Cc1ccc(S(=O)(=O)n2cc(Cl)c3c(Cl)ncnc32)cc1. The summed E-state index contributed by atoms with van der Waals surface area (Å²) in [4.78, 5) is 7.94. The van der Waals surface area contributed by atoms with Gasteiger partial charge in [0.15, 0.2) is 5.65 Å². The highest BCUT2D eigenvalue weighted by Crippen LogP contribution is 2.31. The van der Waals surface area contributed by atoms with Gasteiger partial charge in [-0.25, -0.2) is 22.4 Å². The van der Waals surface area contributed by atoms with E-state index in [4.69, 9.17) is 23.2 Å². The predicted octanol–water partition coefficient (Wildman–Crippen LogP) is 3.28. The number of benzene rings is 1. The first-order chi connectivity index (χ1) is 9.91. The van der Waals surface area contributed by atoms with Crippen molar-refractivity contribution in [2.75, 3.05) is 0 Å². The summed E-state index contributed by atoms with van der Waals surface area (Å²) in [6, 6.07) is 6.52. The van der Waals surface area contributed by atoms with E-state index in [0.29, 0.717) is 5.39 Å². The Morgan fingerprint density at radius 3 is 2.43 bits per heavy atom. The van der Waals surface area contributed by atoms with Crippen molar-refractivity contribution in [3.8, 4) is 0 Å². The van der Waals surface area contributed by atoms with Crippen LogP contribution in [-0.2, 0) is 10.0 Å². The molecule has 2 aromatic heterocycles. The zero-order chi connectivity index (χ0) is 15.2. The summed E-state index contributed by atoms with van der Waals surface area (Å²) in [5.74, 6) is 0. The quantitative estimate of drug-likeness (QED) is 0.671. The highest BCUT2D eigenvalue weighted by atomic mass is 35.5. The van der Waals surface area contributed by atoms with Crippen LogP contribution in [-0.4, -0.2) is 22.4 Å². The Balaban J connectivity index is 2.29. The summed E-state index contributed by atoms with van der Waals surface area (Å²) in [5.41, 5.74) is 1.12. The van der Waals surface area contributed by atoms with Crippen LogP contribution >= 0.6 is 23.2 Å². The number of aryl methyl sites for hydroxylation is 1. The normalized spacial score (nSPS) is 12.0. The van der Waals surface area contributed by atoms with Gasteiger partial charge in [-0.15, -0.1) is 0 Å². The van der Waals surface area contributed by atoms with Crippen LogP contribution in [0.2, 0.25) is 10.2 Å². The second-order valence-corrected chi connectivity index (χ2v) is 7.03. The molecule has 0 bridgehead atoms. The summed E-state index contributed by atoms with van der Waals surface area (Å²) >= 11 is 12.0. The highest BCUT2D eigenvalue weighted by Gasteiger charge is 2.23. The molecular weight excluding hydrogens is 333 g/mol. The van der Waals surface area contributed by atoms with Gasteiger partial charge in [-0.1, -0.05) is 40.9 Å². The molecular formula is C13H9Cl2N3O2S. The molecule has 0 radical (unpaired) electrons. The number of halogens is 2. The van der Waals surface area contributed by atoms with Gasteiger partial charge in [-0.3, -0.25) is 0 Å². The Kier molecular flexibility index (Phi) is 3.39.